The highest BCUT2D eigenvalue weighted by molar-refractivity contribution is 7.46. The fourth-order valence-electron chi connectivity index (χ4n) is 5.37. The van der Waals surface area contributed by atoms with Gasteiger partial charge < -0.3 is 30.1 Å². The highest BCUT2D eigenvalue weighted by Crippen LogP contribution is 2.36. The van der Waals surface area contributed by atoms with Crippen LogP contribution in [-0.4, -0.2) is 59.3 Å². The van der Waals surface area contributed by atoms with Crippen molar-refractivity contribution in [1.82, 2.24) is 0 Å². The van der Waals surface area contributed by atoms with Crippen LogP contribution >= 0.6 is 7.82 Å². The van der Waals surface area contributed by atoms with E-state index in [9.17, 15) is 14.2 Å². The lowest BCUT2D eigenvalue weighted by Gasteiger charge is -2.18. The van der Waals surface area contributed by atoms with Crippen LogP contribution in [0.1, 0.15) is 194 Å². The van der Waals surface area contributed by atoms with Gasteiger partial charge in [0, 0.05) is 19.4 Å². The number of aliphatic hydroxyl groups is 1. The number of esters is 2. The van der Waals surface area contributed by atoms with E-state index in [4.69, 9.17) is 30.1 Å². The lowest BCUT2D eigenvalue weighted by Crippen LogP contribution is -2.29. The Kier molecular flexibility index (Phi) is 39.6. The summed E-state index contributed by atoms with van der Waals surface area (Å²) < 4.78 is 26.3. The molecule has 0 saturated heterocycles. The molecule has 0 spiro atoms. The second-order valence-corrected chi connectivity index (χ2v) is 14.3. The number of hydrogen-bond acceptors (Lipinski definition) is 8. The van der Waals surface area contributed by atoms with Gasteiger partial charge in [-0.15, -0.1) is 0 Å². The van der Waals surface area contributed by atoms with Gasteiger partial charge in [0.2, 0.25) is 0 Å². The monoisotopic (exact) mass is 710 g/mol. The number of phosphoric ester groups is 1. The third-order valence-electron chi connectivity index (χ3n) is 8.25. The lowest BCUT2D eigenvalue weighted by atomic mass is 10.0. The molecule has 0 unspecified atom stereocenters. The number of ether oxygens (including phenoxy) is 2. The Morgan fingerprint density at radius 1 is 0.562 bits per heavy atom. The summed E-state index contributed by atoms with van der Waals surface area (Å²) in [6.07, 6.45) is 31.0. The molecule has 0 aliphatic rings. The van der Waals surface area contributed by atoms with Crippen molar-refractivity contribution in [3.63, 3.8) is 0 Å². The predicted octanol–water partition coefficient (Wildman–Crippen LogP) is 9.45. The predicted molar refractivity (Wildman–Crippen MR) is 196 cm³/mol. The van der Waals surface area contributed by atoms with Crippen LogP contribution in [0, 0.1) is 0 Å². The van der Waals surface area contributed by atoms with Crippen LogP contribution in [0.4, 0.5) is 0 Å². The molecule has 0 rings (SSSR count). The molecule has 10 nitrogen and oxygen atoms in total. The number of nitrogens with two attached hydrogens (primary N) is 1. The van der Waals surface area contributed by atoms with Crippen molar-refractivity contribution in [1.29, 1.82) is 0 Å². The summed E-state index contributed by atoms with van der Waals surface area (Å²) >= 11 is 0. The van der Waals surface area contributed by atoms with Crippen LogP contribution < -0.4 is 5.73 Å². The van der Waals surface area contributed by atoms with Crippen molar-refractivity contribution >= 4 is 19.8 Å². The van der Waals surface area contributed by atoms with E-state index in [0.29, 0.717) is 13.0 Å². The fourth-order valence-corrected chi connectivity index (χ4v) is 5.73. The minimum atomic E-state index is -4.74. The quantitative estimate of drug-likeness (QED) is 0.0283. The molecule has 48 heavy (non-hydrogen) atoms. The number of carbonyl (C=O) groups is 2. The van der Waals surface area contributed by atoms with E-state index < -0.39 is 32.5 Å². The largest absolute Gasteiger partial charge is 0.469 e. The van der Waals surface area contributed by atoms with Gasteiger partial charge in [-0.25, -0.2) is 4.57 Å². The van der Waals surface area contributed by atoms with E-state index >= 15 is 0 Å². The van der Waals surface area contributed by atoms with Crippen molar-refractivity contribution in [2.24, 2.45) is 5.73 Å². The van der Waals surface area contributed by atoms with Crippen LogP contribution in [0.5, 0.6) is 0 Å². The molecule has 5 N–H and O–H groups in total. The fraction of sp³-hybridized carbons (Fsp3) is 0.946. The van der Waals surface area contributed by atoms with Crippen molar-refractivity contribution < 1.29 is 43.0 Å². The van der Waals surface area contributed by atoms with Crippen molar-refractivity contribution in [2.75, 3.05) is 26.4 Å². The zero-order chi connectivity index (χ0) is 36.0. The van der Waals surface area contributed by atoms with Gasteiger partial charge in [-0.3, -0.25) is 14.1 Å². The molecule has 0 heterocycles. The molecule has 0 amide bonds. The minimum absolute atomic E-state index is 0.0972. The molecular formula is C37H76NO9P. The number of unbranched alkanes of at least 4 members (excludes halogenated alkanes) is 24. The van der Waals surface area contributed by atoms with Crippen LogP contribution in [0.3, 0.4) is 0 Å². The Hall–Kier alpha value is -1.03. The van der Waals surface area contributed by atoms with E-state index in [0.717, 1.165) is 32.1 Å². The Balaban J connectivity index is 0. The van der Waals surface area contributed by atoms with Gasteiger partial charge in [-0.1, -0.05) is 168 Å². The Morgan fingerprint density at radius 2 is 0.875 bits per heavy atom. The summed E-state index contributed by atoms with van der Waals surface area (Å²) in [7, 11) is -4.74. The summed E-state index contributed by atoms with van der Waals surface area (Å²) in [6.45, 7) is 4.15. The summed E-state index contributed by atoms with van der Waals surface area (Å²) in [4.78, 5) is 42.6. The maximum atomic E-state index is 12.3. The van der Waals surface area contributed by atoms with E-state index in [1.165, 1.54) is 128 Å². The van der Waals surface area contributed by atoms with E-state index in [1.807, 2.05) is 0 Å². The second kappa shape index (κ2) is 38.8. The average molecular weight is 710 g/mol. The van der Waals surface area contributed by atoms with Gasteiger partial charge in [0.15, 0.2) is 6.10 Å². The first-order chi connectivity index (χ1) is 23.2. The minimum Gasteiger partial charge on any atom is -0.462 e. The summed E-state index contributed by atoms with van der Waals surface area (Å²) in [6, 6.07) is 0. The number of rotatable bonds is 35. The van der Waals surface area contributed by atoms with Crippen molar-refractivity contribution in [3.8, 4) is 0 Å². The van der Waals surface area contributed by atoms with Gasteiger partial charge in [0.25, 0.3) is 0 Å². The number of hydrogen-bond donors (Lipinski definition) is 4. The van der Waals surface area contributed by atoms with Crippen LogP contribution in [0.15, 0.2) is 0 Å². The van der Waals surface area contributed by atoms with E-state index in [-0.39, 0.29) is 26.1 Å². The second-order valence-electron chi connectivity index (χ2n) is 13.1. The van der Waals surface area contributed by atoms with Crippen LogP contribution in [-0.2, 0) is 28.2 Å². The molecule has 0 aromatic carbocycles. The molecule has 0 aromatic heterocycles. The van der Waals surface area contributed by atoms with Crippen LogP contribution in [0.2, 0.25) is 0 Å². The normalized spacial score (nSPS) is 12.0. The molecule has 0 bridgehead atoms. The maximum absolute atomic E-state index is 12.3. The Bertz CT molecular complexity index is 734. The lowest BCUT2D eigenvalue weighted by molar-refractivity contribution is -0.161. The van der Waals surface area contributed by atoms with E-state index in [2.05, 4.69) is 18.4 Å². The third-order valence-corrected chi connectivity index (χ3v) is 8.74. The zero-order valence-electron chi connectivity index (χ0n) is 31.0. The number of carbonyl (C=O) groups excluding carboxylic acids is 2. The summed E-state index contributed by atoms with van der Waals surface area (Å²) in [5.41, 5.74) is 4.78. The standard InChI is InChI=1S/C35H69O8P.C2H7NO/c1-3-5-7-9-11-13-15-17-19-21-23-25-27-29-34(36)41-31-33(32-42-44(38,39)40)43-35(37)30-28-26-24-22-20-18-16-14-12-10-8-6-4-2;3-1-2-4/h33H,3-32H2,1-2H3,(H2,38,39,40);4H,1-3H2/t33-;/m1./s1. The molecule has 1 atom stereocenters. The highest BCUT2D eigenvalue weighted by Gasteiger charge is 2.22. The SMILES string of the molecule is CCCCCCCCCCCCCCCC(=O)OC[C@H](COP(=O)(O)O)OC(=O)CCCCCCCCCCCCCCC.NCCO. The molecule has 0 aliphatic carbocycles. The molecule has 11 heteroatoms. The molecule has 0 aliphatic heterocycles. The van der Waals surface area contributed by atoms with Gasteiger partial charge >= 0.3 is 19.8 Å². The number of phosphoric acid groups is 1. The zero-order valence-corrected chi connectivity index (χ0v) is 31.9. The molecule has 288 valence electrons. The number of aliphatic hydroxyl groups excluding tert-OH is 1. The van der Waals surface area contributed by atoms with Gasteiger partial charge in [-0.05, 0) is 12.8 Å². The Labute approximate surface area is 294 Å². The third kappa shape index (κ3) is 43.0. The Morgan fingerprint density at radius 3 is 1.19 bits per heavy atom. The van der Waals surface area contributed by atoms with Crippen molar-refractivity contribution in [3.05, 3.63) is 0 Å². The summed E-state index contributed by atoms with van der Waals surface area (Å²) in [5, 5.41) is 7.75. The van der Waals surface area contributed by atoms with Gasteiger partial charge in [-0.2, -0.15) is 0 Å². The summed E-state index contributed by atoms with van der Waals surface area (Å²) in [5.74, 6) is -0.873. The first kappa shape index (κ1) is 49.1. The molecule has 0 aromatic rings. The van der Waals surface area contributed by atoms with Gasteiger partial charge in [0.1, 0.15) is 6.61 Å². The average Bonchev–Trinajstić information content (AvgIpc) is 3.06. The molecule has 0 fully saturated rings. The van der Waals surface area contributed by atoms with Crippen molar-refractivity contribution in [2.45, 2.75) is 200 Å². The smallest absolute Gasteiger partial charge is 0.462 e. The molecular weight excluding hydrogens is 633 g/mol. The highest BCUT2D eigenvalue weighted by atomic mass is 31.2. The van der Waals surface area contributed by atoms with E-state index in [1.54, 1.807) is 0 Å². The molecule has 0 saturated carbocycles. The van der Waals surface area contributed by atoms with Crippen LogP contribution in [0.25, 0.3) is 0 Å². The topological polar surface area (TPSA) is 166 Å². The molecule has 0 radical (unpaired) electrons. The first-order valence-corrected chi connectivity index (χ1v) is 21.1. The maximum Gasteiger partial charge on any atom is 0.469 e. The first-order valence-electron chi connectivity index (χ1n) is 19.6. The van der Waals surface area contributed by atoms with Gasteiger partial charge in [0.05, 0.1) is 13.2 Å².